The summed E-state index contributed by atoms with van der Waals surface area (Å²) >= 11 is 7.62. The highest BCUT2D eigenvalue weighted by molar-refractivity contribution is 7.16. The molecule has 1 rings (SSSR count). The van der Waals surface area contributed by atoms with Gasteiger partial charge in [-0.2, -0.15) is 5.26 Å². The van der Waals surface area contributed by atoms with Crippen LogP contribution in [0.3, 0.4) is 0 Å². The van der Waals surface area contributed by atoms with E-state index in [1.807, 2.05) is 19.1 Å². The zero-order valence-electron chi connectivity index (χ0n) is 11.8. The molecule has 0 amide bonds. The van der Waals surface area contributed by atoms with Gasteiger partial charge in [-0.25, -0.2) is 0 Å². The fourth-order valence-electron chi connectivity index (χ4n) is 2.20. The largest absolute Gasteiger partial charge is 0.326 e. The molecule has 0 aliphatic carbocycles. The SMILES string of the molecule is CCC(N)C(c1ccc(Cl)s1)N(CC)CC(C)C#N. The number of thiophene rings is 1. The van der Waals surface area contributed by atoms with Gasteiger partial charge >= 0.3 is 0 Å². The Kier molecular flexibility index (Phi) is 6.81. The van der Waals surface area contributed by atoms with Crippen molar-refractivity contribution in [1.29, 1.82) is 5.26 Å². The first kappa shape index (κ1) is 16.5. The highest BCUT2D eigenvalue weighted by Crippen LogP contribution is 2.33. The second-order valence-electron chi connectivity index (χ2n) is 4.78. The van der Waals surface area contributed by atoms with Crippen LogP contribution in [0.15, 0.2) is 12.1 Å². The topological polar surface area (TPSA) is 53.0 Å². The van der Waals surface area contributed by atoms with Crippen LogP contribution < -0.4 is 5.73 Å². The Morgan fingerprint density at radius 3 is 2.58 bits per heavy atom. The summed E-state index contributed by atoms with van der Waals surface area (Å²) in [6, 6.07) is 6.45. The molecular weight excluding hydrogens is 278 g/mol. The van der Waals surface area contributed by atoms with E-state index in [2.05, 4.69) is 24.8 Å². The van der Waals surface area contributed by atoms with Gasteiger partial charge in [0.05, 0.1) is 22.4 Å². The fraction of sp³-hybridized carbons (Fsp3) is 0.643. The van der Waals surface area contributed by atoms with Crippen LogP contribution >= 0.6 is 22.9 Å². The Balaban J connectivity index is 2.98. The number of likely N-dealkylation sites (N-methyl/N-ethyl adjacent to an activating group) is 1. The molecule has 0 aliphatic rings. The quantitative estimate of drug-likeness (QED) is 0.836. The standard InChI is InChI=1S/C14H22ClN3S/c1-4-11(17)14(12-6-7-13(15)19-12)18(5-2)9-10(3)8-16/h6-7,10-11,14H,4-5,9,17H2,1-3H3. The van der Waals surface area contributed by atoms with Crippen LogP contribution in [0.25, 0.3) is 0 Å². The second kappa shape index (κ2) is 7.86. The van der Waals surface area contributed by atoms with Crippen molar-refractivity contribution in [3.63, 3.8) is 0 Å². The summed E-state index contributed by atoms with van der Waals surface area (Å²) in [5.41, 5.74) is 6.29. The average Bonchev–Trinajstić information content (AvgIpc) is 2.83. The average molecular weight is 300 g/mol. The third kappa shape index (κ3) is 4.47. The molecule has 0 bridgehead atoms. The van der Waals surface area contributed by atoms with Crippen molar-refractivity contribution in [3.05, 3.63) is 21.3 Å². The maximum absolute atomic E-state index is 9.01. The molecule has 3 atom stereocenters. The maximum atomic E-state index is 9.01. The van der Waals surface area contributed by atoms with E-state index < -0.39 is 0 Å². The Hall–Kier alpha value is -0.600. The Bertz CT molecular complexity index is 427. The third-order valence-corrected chi connectivity index (χ3v) is 4.59. The maximum Gasteiger partial charge on any atom is 0.0931 e. The zero-order valence-corrected chi connectivity index (χ0v) is 13.3. The van der Waals surface area contributed by atoms with Crippen LogP contribution in [-0.2, 0) is 0 Å². The molecule has 0 radical (unpaired) electrons. The van der Waals surface area contributed by atoms with Gasteiger partial charge in [-0.15, -0.1) is 11.3 Å². The minimum absolute atomic E-state index is 0.00180. The molecule has 5 heteroatoms. The normalized spacial score (nSPS) is 16.1. The minimum Gasteiger partial charge on any atom is -0.326 e. The van der Waals surface area contributed by atoms with Gasteiger partial charge in [-0.3, -0.25) is 4.90 Å². The van der Waals surface area contributed by atoms with E-state index in [4.69, 9.17) is 22.6 Å². The van der Waals surface area contributed by atoms with Crippen molar-refractivity contribution in [1.82, 2.24) is 4.90 Å². The van der Waals surface area contributed by atoms with Gasteiger partial charge < -0.3 is 5.73 Å². The molecule has 1 aromatic heterocycles. The van der Waals surface area contributed by atoms with Crippen LogP contribution in [0.5, 0.6) is 0 Å². The number of rotatable bonds is 7. The Morgan fingerprint density at radius 1 is 1.47 bits per heavy atom. The molecule has 1 heterocycles. The van der Waals surface area contributed by atoms with Gasteiger partial charge in [0.15, 0.2) is 0 Å². The lowest BCUT2D eigenvalue weighted by Crippen LogP contribution is -2.42. The molecule has 19 heavy (non-hydrogen) atoms. The summed E-state index contributed by atoms with van der Waals surface area (Å²) in [7, 11) is 0. The third-order valence-electron chi connectivity index (χ3n) is 3.29. The number of halogens is 1. The van der Waals surface area contributed by atoms with E-state index in [0.717, 1.165) is 23.8 Å². The summed E-state index contributed by atoms with van der Waals surface area (Å²) in [5, 5.41) is 9.01. The first-order chi connectivity index (χ1) is 9.03. The van der Waals surface area contributed by atoms with Gasteiger partial charge in [-0.1, -0.05) is 25.4 Å². The lowest BCUT2D eigenvalue weighted by Gasteiger charge is -2.34. The molecule has 2 N–H and O–H groups in total. The Labute approximate surface area is 125 Å². The van der Waals surface area contributed by atoms with E-state index >= 15 is 0 Å². The van der Waals surface area contributed by atoms with Crippen molar-refractivity contribution < 1.29 is 0 Å². The monoisotopic (exact) mass is 299 g/mol. The lowest BCUT2D eigenvalue weighted by atomic mass is 10.0. The molecule has 0 fully saturated rings. The molecule has 1 aromatic rings. The van der Waals surface area contributed by atoms with Gasteiger partial charge in [0, 0.05) is 17.5 Å². The summed E-state index contributed by atoms with van der Waals surface area (Å²) in [5.74, 6) is 0.00180. The summed E-state index contributed by atoms with van der Waals surface area (Å²) in [6.45, 7) is 7.75. The molecule has 0 saturated carbocycles. The first-order valence-electron chi connectivity index (χ1n) is 6.67. The lowest BCUT2D eigenvalue weighted by molar-refractivity contribution is 0.169. The Morgan fingerprint density at radius 2 is 2.16 bits per heavy atom. The summed E-state index contributed by atoms with van der Waals surface area (Å²) < 4.78 is 0.785. The number of nitriles is 1. The van der Waals surface area contributed by atoms with Crippen molar-refractivity contribution in [2.24, 2.45) is 11.7 Å². The highest BCUT2D eigenvalue weighted by atomic mass is 35.5. The first-order valence-corrected chi connectivity index (χ1v) is 7.87. The highest BCUT2D eigenvalue weighted by Gasteiger charge is 2.27. The second-order valence-corrected chi connectivity index (χ2v) is 6.52. The summed E-state index contributed by atoms with van der Waals surface area (Å²) in [6.07, 6.45) is 0.900. The van der Waals surface area contributed by atoms with Gasteiger partial charge in [0.2, 0.25) is 0 Å². The van der Waals surface area contributed by atoms with Crippen LogP contribution in [0, 0.1) is 17.2 Å². The van der Waals surface area contributed by atoms with Crippen molar-refractivity contribution >= 4 is 22.9 Å². The smallest absolute Gasteiger partial charge is 0.0931 e. The van der Waals surface area contributed by atoms with E-state index in [0.29, 0.717) is 0 Å². The minimum atomic E-state index is 0.00180. The van der Waals surface area contributed by atoms with Crippen LogP contribution in [0.2, 0.25) is 4.34 Å². The molecular formula is C14H22ClN3S. The van der Waals surface area contributed by atoms with Crippen molar-refractivity contribution in [2.75, 3.05) is 13.1 Å². The molecule has 3 unspecified atom stereocenters. The summed E-state index contributed by atoms with van der Waals surface area (Å²) in [4.78, 5) is 3.47. The predicted octanol–water partition coefficient (Wildman–Crippen LogP) is 3.66. The van der Waals surface area contributed by atoms with Crippen LogP contribution in [-0.4, -0.2) is 24.0 Å². The van der Waals surface area contributed by atoms with E-state index in [9.17, 15) is 0 Å². The van der Waals surface area contributed by atoms with Gasteiger partial charge in [0.1, 0.15) is 0 Å². The fourth-order valence-corrected chi connectivity index (χ4v) is 3.48. The van der Waals surface area contributed by atoms with E-state index in [1.54, 1.807) is 11.3 Å². The van der Waals surface area contributed by atoms with Gasteiger partial charge in [-0.05, 0) is 32.0 Å². The number of nitrogens with two attached hydrogens (primary N) is 1. The van der Waals surface area contributed by atoms with Crippen molar-refractivity contribution in [3.8, 4) is 6.07 Å². The van der Waals surface area contributed by atoms with E-state index in [-0.39, 0.29) is 18.0 Å². The molecule has 0 spiro atoms. The number of nitrogens with zero attached hydrogens (tertiary/aromatic N) is 2. The number of hydrogen-bond donors (Lipinski definition) is 1. The van der Waals surface area contributed by atoms with Crippen LogP contribution in [0.1, 0.15) is 38.1 Å². The molecule has 0 saturated heterocycles. The zero-order chi connectivity index (χ0) is 14.4. The molecule has 3 nitrogen and oxygen atoms in total. The molecule has 0 aromatic carbocycles. The van der Waals surface area contributed by atoms with E-state index in [1.165, 1.54) is 4.88 Å². The predicted molar refractivity (Wildman–Crippen MR) is 82.4 cm³/mol. The molecule has 0 aliphatic heterocycles. The molecule has 106 valence electrons. The van der Waals surface area contributed by atoms with Crippen LogP contribution in [0.4, 0.5) is 0 Å². The van der Waals surface area contributed by atoms with Crippen molar-refractivity contribution in [2.45, 2.75) is 39.3 Å². The van der Waals surface area contributed by atoms with Gasteiger partial charge in [0.25, 0.3) is 0 Å². The number of hydrogen-bond acceptors (Lipinski definition) is 4.